The Labute approximate surface area is 77.4 Å². The van der Waals surface area contributed by atoms with Crippen LogP contribution in [0.1, 0.15) is 12.8 Å². The van der Waals surface area contributed by atoms with Crippen molar-refractivity contribution in [2.45, 2.75) is 17.7 Å². The molecule has 1 aromatic carbocycles. The summed E-state index contributed by atoms with van der Waals surface area (Å²) in [4.78, 5) is 1.29. The summed E-state index contributed by atoms with van der Waals surface area (Å²) in [6.07, 6.45) is 1.65. The number of benzene rings is 1. The molecule has 0 saturated carbocycles. The summed E-state index contributed by atoms with van der Waals surface area (Å²) in [6, 6.07) is 12.4. The lowest BCUT2D eigenvalue weighted by molar-refractivity contribution is 0.981. The molecular weight excluding hydrogens is 166 g/mol. The molecule has 0 fully saturated rings. The maximum atomic E-state index is 8.30. The Bertz CT molecular complexity index is 250. The van der Waals surface area contributed by atoms with Gasteiger partial charge < -0.3 is 0 Å². The highest BCUT2D eigenvalue weighted by Gasteiger charge is 1.91. The maximum absolute atomic E-state index is 8.30. The van der Waals surface area contributed by atoms with E-state index in [4.69, 9.17) is 5.26 Å². The van der Waals surface area contributed by atoms with Crippen LogP contribution in [-0.2, 0) is 0 Å². The zero-order chi connectivity index (χ0) is 8.65. The molecule has 0 unspecified atom stereocenters. The quantitative estimate of drug-likeness (QED) is 0.521. The molecule has 0 amide bonds. The summed E-state index contributed by atoms with van der Waals surface area (Å²) >= 11 is 1.81. The van der Waals surface area contributed by atoms with Crippen molar-refractivity contribution in [3.8, 4) is 6.07 Å². The second-order valence-electron chi connectivity index (χ2n) is 2.42. The molecule has 1 aromatic rings. The normalized spacial score (nSPS) is 9.25. The summed E-state index contributed by atoms with van der Waals surface area (Å²) in [5, 5.41) is 8.30. The number of thioether (sulfide) groups is 1. The molecule has 62 valence electrons. The molecule has 0 N–H and O–H groups in total. The number of nitriles is 1. The Kier molecular flexibility index (Phi) is 4.33. The fraction of sp³-hybridized carbons (Fsp3) is 0.300. The van der Waals surface area contributed by atoms with Crippen molar-refractivity contribution in [3.63, 3.8) is 0 Å². The molecule has 0 aliphatic carbocycles. The van der Waals surface area contributed by atoms with E-state index in [1.54, 1.807) is 0 Å². The van der Waals surface area contributed by atoms with E-state index in [1.807, 2.05) is 30.0 Å². The highest BCUT2D eigenvalue weighted by molar-refractivity contribution is 7.99. The number of nitrogens with zero attached hydrogens (tertiary/aromatic N) is 1. The van der Waals surface area contributed by atoms with Crippen LogP contribution in [0.25, 0.3) is 0 Å². The van der Waals surface area contributed by atoms with Crippen LogP contribution >= 0.6 is 11.8 Å². The molecular formula is C10H11NS. The van der Waals surface area contributed by atoms with E-state index in [0.29, 0.717) is 6.42 Å². The van der Waals surface area contributed by atoms with E-state index >= 15 is 0 Å². The van der Waals surface area contributed by atoms with Gasteiger partial charge in [-0.1, -0.05) is 18.2 Å². The first kappa shape index (κ1) is 9.15. The molecule has 0 heterocycles. The SMILES string of the molecule is N#CCCCSc1ccccc1. The average Bonchev–Trinajstić information content (AvgIpc) is 2.14. The third-order valence-corrected chi connectivity index (χ3v) is 2.54. The van der Waals surface area contributed by atoms with E-state index in [2.05, 4.69) is 18.2 Å². The Hall–Kier alpha value is -0.940. The highest BCUT2D eigenvalue weighted by atomic mass is 32.2. The van der Waals surface area contributed by atoms with Gasteiger partial charge in [-0.15, -0.1) is 11.8 Å². The van der Waals surface area contributed by atoms with E-state index in [-0.39, 0.29) is 0 Å². The number of unbranched alkanes of at least 4 members (excludes halogenated alkanes) is 1. The van der Waals surface area contributed by atoms with E-state index in [0.717, 1.165) is 12.2 Å². The molecule has 0 atom stereocenters. The fourth-order valence-corrected chi connectivity index (χ4v) is 1.73. The van der Waals surface area contributed by atoms with Crippen molar-refractivity contribution in [2.24, 2.45) is 0 Å². The van der Waals surface area contributed by atoms with Crippen molar-refractivity contribution < 1.29 is 0 Å². The Balaban J connectivity index is 2.21. The predicted octanol–water partition coefficient (Wildman–Crippen LogP) is 3.08. The minimum absolute atomic E-state index is 0.667. The summed E-state index contributed by atoms with van der Waals surface area (Å²) in [5.74, 6) is 1.04. The minimum Gasteiger partial charge on any atom is -0.198 e. The van der Waals surface area contributed by atoms with Gasteiger partial charge in [0, 0.05) is 11.3 Å². The second kappa shape index (κ2) is 5.68. The van der Waals surface area contributed by atoms with Crippen molar-refractivity contribution in [3.05, 3.63) is 30.3 Å². The van der Waals surface area contributed by atoms with Crippen molar-refractivity contribution in [1.82, 2.24) is 0 Å². The molecule has 0 spiro atoms. The van der Waals surface area contributed by atoms with Gasteiger partial charge in [0.1, 0.15) is 0 Å². The number of hydrogen-bond donors (Lipinski definition) is 0. The first-order valence-electron chi connectivity index (χ1n) is 3.98. The van der Waals surface area contributed by atoms with Crippen molar-refractivity contribution in [1.29, 1.82) is 5.26 Å². The highest BCUT2D eigenvalue weighted by Crippen LogP contribution is 2.17. The van der Waals surface area contributed by atoms with Gasteiger partial charge >= 0.3 is 0 Å². The average molecular weight is 177 g/mol. The Morgan fingerprint density at radius 2 is 2.00 bits per heavy atom. The van der Waals surface area contributed by atoms with Crippen molar-refractivity contribution in [2.75, 3.05) is 5.75 Å². The molecule has 0 aliphatic heterocycles. The minimum atomic E-state index is 0.667. The first-order valence-corrected chi connectivity index (χ1v) is 4.97. The lowest BCUT2D eigenvalue weighted by Crippen LogP contribution is -1.77. The summed E-state index contributed by atoms with van der Waals surface area (Å²) < 4.78 is 0. The van der Waals surface area contributed by atoms with Gasteiger partial charge in [-0.2, -0.15) is 5.26 Å². The predicted molar refractivity (Wildman–Crippen MR) is 52.0 cm³/mol. The zero-order valence-corrected chi connectivity index (χ0v) is 7.68. The van der Waals surface area contributed by atoms with Gasteiger partial charge in [0.15, 0.2) is 0 Å². The summed E-state index contributed by atoms with van der Waals surface area (Å²) in [5.41, 5.74) is 0. The molecule has 12 heavy (non-hydrogen) atoms. The van der Waals surface area contributed by atoms with Gasteiger partial charge in [0.2, 0.25) is 0 Å². The van der Waals surface area contributed by atoms with Gasteiger partial charge in [-0.05, 0) is 24.3 Å². The van der Waals surface area contributed by atoms with Gasteiger partial charge in [-0.3, -0.25) is 0 Å². The monoisotopic (exact) mass is 177 g/mol. The van der Waals surface area contributed by atoms with Gasteiger partial charge in [-0.25, -0.2) is 0 Å². The maximum Gasteiger partial charge on any atom is 0.0622 e. The number of rotatable bonds is 4. The zero-order valence-electron chi connectivity index (χ0n) is 6.86. The topological polar surface area (TPSA) is 23.8 Å². The molecule has 1 nitrogen and oxygen atoms in total. The lowest BCUT2D eigenvalue weighted by Gasteiger charge is -1.97. The van der Waals surface area contributed by atoms with Crippen LogP contribution in [0.2, 0.25) is 0 Å². The van der Waals surface area contributed by atoms with Gasteiger partial charge in [0.25, 0.3) is 0 Å². The van der Waals surface area contributed by atoms with Crippen LogP contribution in [-0.4, -0.2) is 5.75 Å². The third-order valence-electron chi connectivity index (χ3n) is 1.44. The van der Waals surface area contributed by atoms with Gasteiger partial charge in [0.05, 0.1) is 6.07 Å². The third kappa shape index (κ3) is 3.45. The van der Waals surface area contributed by atoms with Crippen LogP contribution < -0.4 is 0 Å². The van der Waals surface area contributed by atoms with Crippen LogP contribution in [0.5, 0.6) is 0 Å². The van der Waals surface area contributed by atoms with E-state index in [1.165, 1.54) is 4.90 Å². The summed E-state index contributed by atoms with van der Waals surface area (Å²) in [7, 11) is 0. The fourth-order valence-electron chi connectivity index (χ4n) is 0.858. The van der Waals surface area contributed by atoms with Crippen LogP contribution in [0.3, 0.4) is 0 Å². The molecule has 1 rings (SSSR count). The van der Waals surface area contributed by atoms with Crippen molar-refractivity contribution >= 4 is 11.8 Å². The molecule has 0 bridgehead atoms. The standard InChI is InChI=1S/C10H11NS/c11-8-4-5-9-12-10-6-2-1-3-7-10/h1-3,6-7H,4-5,9H2. The second-order valence-corrected chi connectivity index (χ2v) is 3.59. The molecule has 0 radical (unpaired) electrons. The van der Waals surface area contributed by atoms with Crippen LogP contribution in [0.15, 0.2) is 35.2 Å². The smallest absolute Gasteiger partial charge is 0.0622 e. The molecule has 2 heteroatoms. The Morgan fingerprint density at radius 1 is 1.25 bits per heavy atom. The Morgan fingerprint density at radius 3 is 2.67 bits per heavy atom. The largest absolute Gasteiger partial charge is 0.198 e. The molecule has 0 aliphatic rings. The lowest BCUT2D eigenvalue weighted by atomic mass is 10.4. The first-order chi connectivity index (χ1) is 5.93. The molecule has 0 aromatic heterocycles. The summed E-state index contributed by atoms with van der Waals surface area (Å²) in [6.45, 7) is 0. The van der Waals surface area contributed by atoms with Crippen LogP contribution in [0.4, 0.5) is 0 Å². The molecule has 0 saturated heterocycles. The van der Waals surface area contributed by atoms with Crippen LogP contribution in [0, 0.1) is 11.3 Å². The van der Waals surface area contributed by atoms with E-state index < -0.39 is 0 Å². The van der Waals surface area contributed by atoms with E-state index in [9.17, 15) is 0 Å². The number of hydrogen-bond acceptors (Lipinski definition) is 2.